The molecular formula is C23H45N3. The van der Waals surface area contributed by atoms with Gasteiger partial charge >= 0.3 is 0 Å². The van der Waals surface area contributed by atoms with Crippen LogP contribution in [0.4, 0.5) is 0 Å². The molecule has 0 fully saturated rings. The van der Waals surface area contributed by atoms with Crippen LogP contribution in [0.15, 0.2) is 17.1 Å². The smallest absolute Gasteiger partial charge is 0.102 e. The monoisotopic (exact) mass is 363 g/mol. The molecule has 26 heavy (non-hydrogen) atoms. The van der Waals surface area contributed by atoms with E-state index in [4.69, 9.17) is 10.7 Å². The van der Waals surface area contributed by atoms with Gasteiger partial charge in [0, 0.05) is 25.6 Å². The molecule has 0 amide bonds. The van der Waals surface area contributed by atoms with Gasteiger partial charge in [0.05, 0.1) is 6.54 Å². The van der Waals surface area contributed by atoms with Crippen LogP contribution >= 0.6 is 0 Å². The standard InChI is InChI=1S/C23H45N3/c1-3-4-5-6-7-8-9-10-11-12-13-14-15-16-17-22(2)23-25-19-21-26(23)20-18-24/h10-11,22H,3-9,12-21,24H2,1-2H3/b11-10-. The first kappa shape index (κ1) is 23.2. The van der Waals surface area contributed by atoms with Crippen LogP contribution in [0.3, 0.4) is 0 Å². The zero-order chi connectivity index (χ0) is 18.9. The highest BCUT2D eigenvalue weighted by atomic mass is 15.2. The molecular weight excluding hydrogens is 318 g/mol. The largest absolute Gasteiger partial charge is 0.357 e. The summed E-state index contributed by atoms with van der Waals surface area (Å²) < 4.78 is 0. The molecule has 2 N–H and O–H groups in total. The average Bonchev–Trinajstić information content (AvgIpc) is 3.10. The maximum Gasteiger partial charge on any atom is 0.102 e. The zero-order valence-electron chi connectivity index (χ0n) is 17.7. The fraction of sp³-hybridized carbons (Fsp3) is 0.870. The van der Waals surface area contributed by atoms with E-state index in [0.29, 0.717) is 5.92 Å². The van der Waals surface area contributed by atoms with Crippen molar-refractivity contribution >= 4 is 5.84 Å². The lowest BCUT2D eigenvalue weighted by molar-refractivity contribution is 0.434. The number of allylic oxidation sites excluding steroid dienone is 2. The van der Waals surface area contributed by atoms with E-state index in [1.165, 1.54) is 89.3 Å². The number of hydrogen-bond acceptors (Lipinski definition) is 3. The lowest BCUT2D eigenvalue weighted by Gasteiger charge is -2.23. The molecule has 1 unspecified atom stereocenters. The second-order valence-corrected chi connectivity index (χ2v) is 7.94. The first-order valence-corrected chi connectivity index (χ1v) is 11.4. The Labute approximate surface area is 163 Å². The van der Waals surface area contributed by atoms with Crippen LogP contribution in [-0.4, -0.2) is 36.9 Å². The normalized spacial score (nSPS) is 15.8. The van der Waals surface area contributed by atoms with Gasteiger partial charge in [0.1, 0.15) is 5.84 Å². The SMILES string of the molecule is CCCCCCCC/C=C\CCCCCCC(C)C1=NCCN1CCN. The summed E-state index contributed by atoms with van der Waals surface area (Å²) in [6, 6.07) is 0. The molecule has 0 saturated carbocycles. The van der Waals surface area contributed by atoms with E-state index in [0.717, 1.165) is 26.2 Å². The maximum absolute atomic E-state index is 5.70. The Bertz CT molecular complexity index is 376. The molecule has 1 aliphatic heterocycles. The van der Waals surface area contributed by atoms with E-state index in [2.05, 4.69) is 30.9 Å². The molecule has 152 valence electrons. The van der Waals surface area contributed by atoms with Gasteiger partial charge in [0.25, 0.3) is 0 Å². The van der Waals surface area contributed by atoms with Crippen molar-refractivity contribution in [1.82, 2.24) is 4.90 Å². The highest BCUT2D eigenvalue weighted by Gasteiger charge is 2.21. The maximum atomic E-state index is 5.70. The van der Waals surface area contributed by atoms with Crippen LogP contribution < -0.4 is 5.73 Å². The quantitative estimate of drug-likeness (QED) is 0.256. The molecule has 0 spiro atoms. The van der Waals surface area contributed by atoms with Crippen molar-refractivity contribution in [3.05, 3.63) is 12.2 Å². The number of nitrogens with zero attached hydrogens (tertiary/aromatic N) is 2. The first-order chi connectivity index (χ1) is 12.8. The predicted octanol–water partition coefficient (Wildman–Crippen LogP) is 5.94. The van der Waals surface area contributed by atoms with E-state index in [-0.39, 0.29) is 0 Å². The van der Waals surface area contributed by atoms with Crippen molar-refractivity contribution in [2.24, 2.45) is 16.6 Å². The fourth-order valence-electron chi connectivity index (χ4n) is 3.82. The molecule has 3 nitrogen and oxygen atoms in total. The molecule has 0 aromatic rings. The number of aliphatic imine (C=N–C) groups is 1. The lowest BCUT2D eigenvalue weighted by Crippen LogP contribution is -2.36. The molecule has 0 radical (unpaired) electrons. The first-order valence-electron chi connectivity index (χ1n) is 11.4. The summed E-state index contributed by atoms with van der Waals surface area (Å²) in [4.78, 5) is 7.09. The summed E-state index contributed by atoms with van der Waals surface area (Å²) in [6.07, 6.45) is 22.5. The number of amidine groups is 1. The second kappa shape index (κ2) is 16.4. The Morgan fingerprint density at radius 3 is 2.23 bits per heavy atom. The molecule has 1 aliphatic rings. The van der Waals surface area contributed by atoms with Gasteiger partial charge < -0.3 is 10.6 Å². The van der Waals surface area contributed by atoms with Crippen LogP contribution in [0, 0.1) is 5.92 Å². The third-order valence-corrected chi connectivity index (χ3v) is 5.46. The number of nitrogens with two attached hydrogens (primary N) is 1. The van der Waals surface area contributed by atoms with Gasteiger partial charge in [-0.3, -0.25) is 4.99 Å². The molecule has 0 saturated heterocycles. The van der Waals surface area contributed by atoms with Gasteiger partial charge in [-0.1, -0.05) is 77.4 Å². The summed E-state index contributed by atoms with van der Waals surface area (Å²) in [7, 11) is 0. The van der Waals surface area contributed by atoms with Crippen molar-refractivity contribution < 1.29 is 0 Å². The van der Waals surface area contributed by atoms with Crippen molar-refractivity contribution in [2.45, 2.75) is 97.3 Å². The Morgan fingerprint density at radius 2 is 1.58 bits per heavy atom. The van der Waals surface area contributed by atoms with Crippen molar-refractivity contribution in [3.63, 3.8) is 0 Å². The van der Waals surface area contributed by atoms with E-state index in [1.54, 1.807) is 0 Å². The lowest BCUT2D eigenvalue weighted by atomic mass is 10.0. The summed E-state index contributed by atoms with van der Waals surface area (Å²) in [6.45, 7) is 8.35. The third-order valence-electron chi connectivity index (χ3n) is 5.46. The van der Waals surface area contributed by atoms with Gasteiger partial charge in [-0.2, -0.15) is 0 Å². The molecule has 0 aromatic carbocycles. The van der Waals surface area contributed by atoms with Crippen LogP contribution in [0.5, 0.6) is 0 Å². The summed E-state index contributed by atoms with van der Waals surface area (Å²) in [5.74, 6) is 1.91. The van der Waals surface area contributed by atoms with E-state index >= 15 is 0 Å². The number of unbranched alkanes of at least 4 members (excludes halogenated alkanes) is 10. The zero-order valence-corrected chi connectivity index (χ0v) is 17.7. The van der Waals surface area contributed by atoms with Crippen LogP contribution in [0.25, 0.3) is 0 Å². The highest BCUT2D eigenvalue weighted by Crippen LogP contribution is 2.17. The average molecular weight is 364 g/mol. The Morgan fingerprint density at radius 1 is 0.962 bits per heavy atom. The Kier molecular flexibility index (Phi) is 14.6. The van der Waals surface area contributed by atoms with Gasteiger partial charge in [-0.25, -0.2) is 0 Å². The van der Waals surface area contributed by atoms with Crippen molar-refractivity contribution in [3.8, 4) is 0 Å². The highest BCUT2D eigenvalue weighted by molar-refractivity contribution is 5.85. The predicted molar refractivity (Wildman–Crippen MR) is 117 cm³/mol. The summed E-state index contributed by atoms with van der Waals surface area (Å²) >= 11 is 0. The molecule has 0 aliphatic carbocycles. The molecule has 1 atom stereocenters. The minimum Gasteiger partial charge on any atom is -0.357 e. The molecule has 0 bridgehead atoms. The molecule has 3 heteroatoms. The van der Waals surface area contributed by atoms with Crippen molar-refractivity contribution in [1.29, 1.82) is 0 Å². The second-order valence-electron chi connectivity index (χ2n) is 7.94. The van der Waals surface area contributed by atoms with Gasteiger partial charge in [0.2, 0.25) is 0 Å². The number of hydrogen-bond donors (Lipinski definition) is 1. The third kappa shape index (κ3) is 11.0. The van der Waals surface area contributed by atoms with Crippen molar-refractivity contribution in [2.75, 3.05) is 26.2 Å². The minimum absolute atomic E-state index is 0.598. The minimum atomic E-state index is 0.598. The summed E-state index contributed by atoms with van der Waals surface area (Å²) in [5, 5.41) is 0. The van der Waals surface area contributed by atoms with E-state index in [9.17, 15) is 0 Å². The Hall–Kier alpha value is -0.830. The van der Waals surface area contributed by atoms with Crippen LogP contribution in [-0.2, 0) is 0 Å². The molecule has 1 heterocycles. The number of rotatable bonds is 17. The van der Waals surface area contributed by atoms with E-state index < -0.39 is 0 Å². The van der Waals surface area contributed by atoms with Gasteiger partial charge in [-0.15, -0.1) is 0 Å². The molecule has 1 rings (SSSR count). The fourth-order valence-corrected chi connectivity index (χ4v) is 3.82. The van der Waals surface area contributed by atoms with E-state index in [1.807, 2.05) is 0 Å². The van der Waals surface area contributed by atoms with Crippen LogP contribution in [0.1, 0.15) is 97.3 Å². The van der Waals surface area contributed by atoms with Gasteiger partial charge in [-0.05, 0) is 32.1 Å². The topological polar surface area (TPSA) is 41.6 Å². The summed E-state index contributed by atoms with van der Waals surface area (Å²) in [5.41, 5.74) is 5.70. The molecule has 0 aromatic heterocycles. The van der Waals surface area contributed by atoms with Gasteiger partial charge in [0.15, 0.2) is 0 Å². The van der Waals surface area contributed by atoms with Crippen LogP contribution in [0.2, 0.25) is 0 Å². The Balaban J connectivity index is 1.90.